The fourth-order valence-corrected chi connectivity index (χ4v) is 3.95. The Morgan fingerprint density at radius 3 is 2.58 bits per heavy atom. The molecular formula is C20H23N3O. The topological polar surface area (TPSA) is 46.1 Å². The lowest BCUT2D eigenvalue weighted by molar-refractivity contribution is 0.0712. The summed E-state index contributed by atoms with van der Waals surface area (Å²) in [7, 11) is 0. The van der Waals surface area contributed by atoms with Crippen LogP contribution in [0.15, 0.2) is 36.8 Å². The SMILES string of the molecule is O=C(c1ccc2c(c1)CCCC2)N1CCC(c2cnccn2)CC1. The standard InChI is InChI=1S/C20H23N3O/c24-20(18-6-5-15-3-1-2-4-17(15)13-18)23-11-7-16(8-12-23)19-14-21-9-10-22-19/h5-6,9-10,13-14,16H,1-4,7-8,11-12H2. The van der Waals surface area contributed by atoms with Crippen molar-refractivity contribution in [2.75, 3.05) is 13.1 Å². The minimum atomic E-state index is 0.181. The molecule has 24 heavy (non-hydrogen) atoms. The quantitative estimate of drug-likeness (QED) is 0.852. The van der Waals surface area contributed by atoms with Crippen molar-refractivity contribution < 1.29 is 4.79 Å². The van der Waals surface area contributed by atoms with Crippen LogP contribution < -0.4 is 0 Å². The number of aromatic nitrogens is 2. The van der Waals surface area contributed by atoms with Crippen LogP contribution in [0.3, 0.4) is 0 Å². The van der Waals surface area contributed by atoms with Crippen LogP contribution in [0, 0.1) is 0 Å². The predicted molar refractivity (Wildman–Crippen MR) is 93.0 cm³/mol. The molecule has 1 aromatic heterocycles. The normalized spacial score (nSPS) is 18.2. The zero-order chi connectivity index (χ0) is 16.4. The van der Waals surface area contributed by atoms with E-state index >= 15 is 0 Å². The third kappa shape index (κ3) is 3.05. The fourth-order valence-electron chi connectivity index (χ4n) is 3.95. The number of carbonyl (C=O) groups excluding carboxylic acids is 1. The summed E-state index contributed by atoms with van der Waals surface area (Å²) in [5.41, 5.74) is 4.72. The number of fused-ring (bicyclic) bond motifs is 1. The molecule has 1 amide bonds. The van der Waals surface area contributed by atoms with Gasteiger partial charge in [-0.25, -0.2) is 0 Å². The van der Waals surface area contributed by atoms with Gasteiger partial charge in [0.1, 0.15) is 0 Å². The van der Waals surface area contributed by atoms with Crippen molar-refractivity contribution in [2.45, 2.75) is 44.4 Å². The zero-order valence-electron chi connectivity index (χ0n) is 13.9. The number of carbonyl (C=O) groups is 1. The Balaban J connectivity index is 1.43. The van der Waals surface area contributed by atoms with Crippen LogP contribution in [0.1, 0.15) is 58.8 Å². The van der Waals surface area contributed by atoms with Crippen LogP contribution in [0.2, 0.25) is 0 Å². The van der Waals surface area contributed by atoms with E-state index in [0.717, 1.165) is 50.0 Å². The first kappa shape index (κ1) is 15.3. The van der Waals surface area contributed by atoms with E-state index < -0.39 is 0 Å². The molecule has 1 fully saturated rings. The summed E-state index contributed by atoms with van der Waals surface area (Å²) in [6.07, 6.45) is 12.0. The molecule has 0 spiro atoms. The van der Waals surface area contributed by atoms with Gasteiger partial charge in [0.15, 0.2) is 0 Å². The number of nitrogens with zero attached hydrogens (tertiary/aromatic N) is 3. The molecule has 4 heteroatoms. The summed E-state index contributed by atoms with van der Waals surface area (Å²) in [5, 5.41) is 0. The van der Waals surface area contributed by atoms with Gasteiger partial charge >= 0.3 is 0 Å². The van der Waals surface area contributed by atoms with Gasteiger partial charge in [-0.15, -0.1) is 0 Å². The van der Waals surface area contributed by atoms with Gasteiger partial charge in [-0.2, -0.15) is 0 Å². The third-order valence-electron chi connectivity index (χ3n) is 5.38. The number of likely N-dealkylation sites (tertiary alicyclic amines) is 1. The molecule has 0 saturated carbocycles. The number of hydrogen-bond donors (Lipinski definition) is 0. The highest BCUT2D eigenvalue weighted by atomic mass is 16.2. The van der Waals surface area contributed by atoms with Gasteiger partial charge in [0.05, 0.1) is 5.69 Å². The summed E-state index contributed by atoms with van der Waals surface area (Å²) < 4.78 is 0. The van der Waals surface area contributed by atoms with Crippen LogP contribution in [0.4, 0.5) is 0 Å². The Morgan fingerprint density at radius 2 is 1.83 bits per heavy atom. The summed E-state index contributed by atoms with van der Waals surface area (Å²) in [5.74, 6) is 0.604. The zero-order valence-corrected chi connectivity index (χ0v) is 13.9. The second kappa shape index (κ2) is 6.71. The van der Waals surface area contributed by atoms with Crippen molar-refractivity contribution in [3.8, 4) is 0 Å². The van der Waals surface area contributed by atoms with Gasteiger partial charge in [-0.1, -0.05) is 6.07 Å². The summed E-state index contributed by atoms with van der Waals surface area (Å²) in [6.45, 7) is 1.61. The van der Waals surface area contributed by atoms with Crippen LogP contribution in [-0.4, -0.2) is 33.9 Å². The van der Waals surface area contributed by atoms with E-state index in [0.29, 0.717) is 5.92 Å². The maximum absolute atomic E-state index is 12.8. The number of piperidine rings is 1. The number of amides is 1. The Kier molecular flexibility index (Phi) is 4.28. The maximum atomic E-state index is 12.8. The van der Waals surface area contributed by atoms with E-state index in [2.05, 4.69) is 22.1 Å². The lowest BCUT2D eigenvalue weighted by Crippen LogP contribution is -2.38. The molecule has 124 valence electrons. The van der Waals surface area contributed by atoms with Crippen LogP contribution in [0.25, 0.3) is 0 Å². The van der Waals surface area contributed by atoms with Crippen molar-refractivity contribution in [1.29, 1.82) is 0 Å². The molecule has 4 nitrogen and oxygen atoms in total. The molecule has 1 aliphatic heterocycles. The lowest BCUT2D eigenvalue weighted by Gasteiger charge is -2.32. The molecule has 2 aromatic rings. The molecule has 0 unspecified atom stereocenters. The van der Waals surface area contributed by atoms with E-state index in [-0.39, 0.29) is 5.91 Å². The predicted octanol–water partition coefficient (Wildman–Crippen LogP) is 3.38. The Hall–Kier alpha value is -2.23. The van der Waals surface area contributed by atoms with Gasteiger partial charge in [-0.05, 0) is 61.8 Å². The molecular weight excluding hydrogens is 298 g/mol. The fraction of sp³-hybridized carbons (Fsp3) is 0.450. The van der Waals surface area contributed by atoms with E-state index in [4.69, 9.17) is 0 Å². The van der Waals surface area contributed by atoms with Gasteiger partial charge in [-0.3, -0.25) is 14.8 Å². The van der Waals surface area contributed by atoms with Crippen molar-refractivity contribution in [1.82, 2.24) is 14.9 Å². The van der Waals surface area contributed by atoms with E-state index in [1.54, 1.807) is 12.4 Å². The second-order valence-corrected chi connectivity index (χ2v) is 6.89. The van der Waals surface area contributed by atoms with Gasteiger partial charge in [0.2, 0.25) is 0 Å². The number of hydrogen-bond acceptors (Lipinski definition) is 3. The van der Waals surface area contributed by atoms with Gasteiger partial charge < -0.3 is 4.90 Å². The minimum absolute atomic E-state index is 0.181. The number of aryl methyl sites for hydroxylation is 2. The van der Waals surface area contributed by atoms with Crippen LogP contribution >= 0.6 is 0 Å². The molecule has 2 aliphatic rings. The Morgan fingerprint density at radius 1 is 1.04 bits per heavy atom. The highest BCUT2D eigenvalue weighted by Crippen LogP contribution is 2.28. The summed E-state index contributed by atoms with van der Waals surface area (Å²) >= 11 is 0. The van der Waals surface area contributed by atoms with Gasteiger partial charge in [0.25, 0.3) is 5.91 Å². The Bertz CT molecular complexity index is 721. The van der Waals surface area contributed by atoms with Crippen molar-refractivity contribution in [3.63, 3.8) is 0 Å². The van der Waals surface area contributed by atoms with Crippen LogP contribution in [-0.2, 0) is 12.8 Å². The van der Waals surface area contributed by atoms with Crippen LogP contribution in [0.5, 0.6) is 0 Å². The molecule has 1 aromatic carbocycles. The minimum Gasteiger partial charge on any atom is -0.339 e. The largest absolute Gasteiger partial charge is 0.339 e. The smallest absolute Gasteiger partial charge is 0.253 e. The monoisotopic (exact) mass is 321 g/mol. The first-order valence-electron chi connectivity index (χ1n) is 8.98. The second-order valence-electron chi connectivity index (χ2n) is 6.89. The summed E-state index contributed by atoms with van der Waals surface area (Å²) in [4.78, 5) is 23.4. The molecule has 0 atom stereocenters. The molecule has 0 bridgehead atoms. The maximum Gasteiger partial charge on any atom is 0.253 e. The number of benzene rings is 1. The van der Waals surface area contributed by atoms with E-state index in [1.165, 1.54) is 24.0 Å². The van der Waals surface area contributed by atoms with Crippen molar-refractivity contribution in [3.05, 3.63) is 59.2 Å². The Labute approximate surface area is 142 Å². The number of rotatable bonds is 2. The highest BCUT2D eigenvalue weighted by molar-refractivity contribution is 5.94. The first-order valence-corrected chi connectivity index (χ1v) is 8.98. The molecule has 2 heterocycles. The first-order chi connectivity index (χ1) is 11.8. The highest BCUT2D eigenvalue weighted by Gasteiger charge is 2.25. The third-order valence-corrected chi connectivity index (χ3v) is 5.38. The molecule has 1 saturated heterocycles. The van der Waals surface area contributed by atoms with Gasteiger partial charge in [0, 0.05) is 43.2 Å². The molecule has 0 N–H and O–H groups in total. The van der Waals surface area contributed by atoms with E-state index in [1.807, 2.05) is 17.2 Å². The van der Waals surface area contributed by atoms with E-state index in [9.17, 15) is 4.79 Å². The van der Waals surface area contributed by atoms with Crippen molar-refractivity contribution >= 4 is 5.91 Å². The molecule has 4 rings (SSSR count). The average Bonchev–Trinajstić information content (AvgIpc) is 2.68. The lowest BCUT2D eigenvalue weighted by atomic mass is 9.89. The summed E-state index contributed by atoms with van der Waals surface area (Å²) in [6, 6.07) is 6.31. The molecule has 1 aliphatic carbocycles. The molecule has 0 radical (unpaired) electrons. The average molecular weight is 321 g/mol. The van der Waals surface area contributed by atoms with Crippen molar-refractivity contribution in [2.24, 2.45) is 0 Å².